The quantitative estimate of drug-likeness (QED) is 0.156. The van der Waals surface area contributed by atoms with E-state index in [1.165, 1.54) is 30.6 Å². The van der Waals surface area contributed by atoms with E-state index in [1.54, 1.807) is 24.3 Å². The second-order valence-electron chi connectivity index (χ2n) is 5.57. The molecule has 0 unspecified atom stereocenters. The number of aromatic nitrogens is 2. The number of rotatable bonds is 6. The summed E-state index contributed by atoms with van der Waals surface area (Å²) in [5, 5.41) is 46.3. The van der Waals surface area contributed by atoms with Crippen LogP contribution < -0.4 is 10.9 Å². The molecule has 0 aliphatic carbocycles. The molecule has 1 aromatic heterocycles. The van der Waals surface area contributed by atoms with Crippen molar-refractivity contribution in [3.8, 4) is 23.0 Å². The maximum Gasteiger partial charge on any atom is 0.246 e. The normalized spacial score (nSPS) is 11.2. The number of phenolic OH excluding ortho intramolecular Hbond substituents is 4. The Morgan fingerprint density at radius 1 is 0.793 bits per heavy atom. The molecule has 0 saturated heterocycles. The van der Waals surface area contributed by atoms with Gasteiger partial charge in [0.2, 0.25) is 5.95 Å². The minimum Gasteiger partial charge on any atom is -0.504 e. The van der Waals surface area contributed by atoms with Crippen molar-refractivity contribution in [2.75, 3.05) is 10.9 Å². The van der Waals surface area contributed by atoms with Crippen LogP contribution in [-0.4, -0.2) is 42.8 Å². The van der Waals surface area contributed by atoms with E-state index in [2.05, 4.69) is 31.0 Å². The zero-order valence-electron chi connectivity index (χ0n) is 14.7. The fourth-order valence-corrected chi connectivity index (χ4v) is 2.34. The van der Waals surface area contributed by atoms with Crippen molar-refractivity contribution in [3.63, 3.8) is 0 Å². The van der Waals surface area contributed by atoms with Crippen molar-refractivity contribution >= 4 is 35.8 Å². The van der Waals surface area contributed by atoms with Crippen LogP contribution >= 0.6 is 11.6 Å². The summed E-state index contributed by atoms with van der Waals surface area (Å²) in [6.45, 7) is 0. The average Bonchev–Trinajstić information content (AvgIpc) is 2.68. The molecule has 0 atom stereocenters. The molecule has 0 spiro atoms. The molecule has 0 bridgehead atoms. The predicted octanol–water partition coefficient (Wildman–Crippen LogP) is 2.84. The Hall–Kier alpha value is -4.05. The standard InChI is InChI=1S/C18H15ClN6O4/c19-14-7-15(24-20-8-10-3-1-5-12(26)16(10)28)23-18(22-14)25-21-9-11-4-2-6-13(27)17(11)29/h1-9,26-29H,(H2,22,23,24,25)/b20-8+,21-9+. The third-order valence-corrected chi connectivity index (χ3v) is 3.73. The van der Waals surface area contributed by atoms with Crippen LogP contribution in [0.5, 0.6) is 23.0 Å². The summed E-state index contributed by atoms with van der Waals surface area (Å²) < 4.78 is 0. The van der Waals surface area contributed by atoms with Gasteiger partial charge in [0.05, 0.1) is 12.4 Å². The molecule has 0 saturated carbocycles. The van der Waals surface area contributed by atoms with Crippen molar-refractivity contribution in [2.45, 2.75) is 0 Å². The van der Waals surface area contributed by atoms with Gasteiger partial charge < -0.3 is 20.4 Å². The summed E-state index contributed by atoms with van der Waals surface area (Å²) in [6.07, 6.45) is 2.57. The van der Waals surface area contributed by atoms with Gasteiger partial charge >= 0.3 is 0 Å². The molecular formula is C18H15ClN6O4. The number of aromatic hydroxyl groups is 4. The van der Waals surface area contributed by atoms with E-state index < -0.39 is 0 Å². The summed E-state index contributed by atoms with van der Waals surface area (Å²) in [4.78, 5) is 8.06. The van der Waals surface area contributed by atoms with Crippen molar-refractivity contribution in [1.29, 1.82) is 0 Å². The van der Waals surface area contributed by atoms with E-state index >= 15 is 0 Å². The van der Waals surface area contributed by atoms with E-state index in [-0.39, 0.29) is 45.5 Å². The highest BCUT2D eigenvalue weighted by Crippen LogP contribution is 2.27. The number of nitrogens with one attached hydrogen (secondary N) is 2. The van der Waals surface area contributed by atoms with Gasteiger partial charge in [-0.3, -0.25) is 5.43 Å². The maximum atomic E-state index is 9.74. The van der Waals surface area contributed by atoms with Crippen LogP contribution in [-0.2, 0) is 0 Å². The number of hydrogen-bond acceptors (Lipinski definition) is 10. The SMILES string of the molecule is Oc1cccc(/C=N/Nc2cc(Cl)nc(N/N=C/c3cccc(O)c3O)n2)c1O. The zero-order chi connectivity index (χ0) is 20.8. The molecule has 0 amide bonds. The Morgan fingerprint density at radius 3 is 1.93 bits per heavy atom. The van der Waals surface area contributed by atoms with E-state index in [9.17, 15) is 20.4 Å². The number of halogens is 1. The Balaban J connectivity index is 1.69. The first kappa shape index (κ1) is 19.7. The molecule has 3 aromatic rings. The average molecular weight is 415 g/mol. The van der Waals surface area contributed by atoms with Crippen LogP contribution in [0.3, 0.4) is 0 Å². The third kappa shape index (κ3) is 5.02. The van der Waals surface area contributed by atoms with Crippen LogP contribution in [0, 0.1) is 0 Å². The largest absolute Gasteiger partial charge is 0.504 e. The van der Waals surface area contributed by atoms with Gasteiger partial charge in [-0.2, -0.15) is 20.2 Å². The van der Waals surface area contributed by atoms with Crippen LogP contribution in [0.2, 0.25) is 5.15 Å². The van der Waals surface area contributed by atoms with Gasteiger partial charge in [0.1, 0.15) is 5.15 Å². The summed E-state index contributed by atoms with van der Waals surface area (Å²) >= 11 is 5.95. The molecule has 29 heavy (non-hydrogen) atoms. The number of benzene rings is 2. The number of hydrogen-bond donors (Lipinski definition) is 6. The monoisotopic (exact) mass is 414 g/mol. The number of nitrogens with zero attached hydrogens (tertiary/aromatic N) is 4. The summed E-state index contributed by atoms with van der Waals surface area (Å²) in [7, 11) is 0. The highest BCUT2D eigenvalue weighted by atomic mass is 35.5. The highest BCUT2D eigenvalue weighted by Gasteiger charge is 2.05. The molecule has 148 valence electrons. The fraction of sp³-hybridized carbons (Fsp3) is 0. The van der Waals surface area contributed by atoms with E-state index in [0.717, 1.165) is 0 Å². The van der Waals surface area contributed by atoms with Gasteiger partial charge in [-0.1, -0.05) is 23.7 Å². The van der Waals surface area contributed by atoms with Crippen molar-refractivity contribution in [3.05, 3.63) is 58.7 Å². The first-order valence-electron chi connectivity index (χ1n) is 8.08. The van der Waals surface area contributed by atoms with E-state index in [4.69, 9.17) is 11.6 Å². The van der Waals surface area contributed by atoms with Crippen LogP contribution in [0.1, 0.15) is 11.1 Å². The lowest BCUT2D eigenvalue weighted by Gasteiger charge is -2.04. The lowest BCUT2D eigenvalue weighted by atomic mass is 10.2. The van der Waals surface area contributed by atoms with Gasteiger partial charge in [-0.25, -0.2) is 5.43 Å². The molecule has 3 rings (SSSR count). The van der Waals surface area contributed by atoms with Crippen LogP contribution in [0.4, 0.5) is 11.8 Å². The van der Waals surface area contributed by atoms with Gasteiger partial charge in [-0.05, 0) is 24.3 Å². The van der Waals surface area contributed by atoms with Gasteiger partial charge in [0.25, 0.3) is 0 Å². The van der Waals surface area contributed by atoms with Gasteiger partial charge in [0.15, 0.2) is 28.8 Å². The first-order valence-corrected chi connectivity index (χ1v) is 8.46. The second-order valence-corrected chi connectivity index (χ2v) is 5.96. The minimum absolute atomic E-state index is 0.0475. The molecule has 6 N–H and O–H groups in total. The molecule has 1 heterocycles. The van der Waals surface area contributed by atoms with Crippen molar-refractivity contribution in [1.82, 2.24) is 9.97 Å². The molecular weight excluding hydrogens is 400 g/mol. The lowest BCUT2D eigenvalue weighted by Crippen LogP contribution is -2.01. The summed E-state index contributed by atoms with van der Waals surface area (Å²) in [5.41, 5.74) is 5.76. The smallest absolute Gasteiger partial charge is 0.246 e. The molecule has 2 aromatic carbocycles. The number of anilines is 2. The van der Waals surface area contributed by atoms with E-state index in [1.807, 2.05) is 0 Å². The van der Waals surface area contributed by atoms with Crippen LogP contribution in [0.15, 0.2) is 52.7 Å². The Bertz CT molecular complexity index is 1010. The lowest BCUT2D eigenvalue weighted by molar-refractivity contribution is 0.403. The molecule has 0 aliphatic rings. The van der Waals surface area contributed by atoms with Gasteiger partial charge in [-0.15, -0.1) is 0 Å². The van der Waals surface area contributed by atoms with E-state index in [0.29, 0.717) is 5.56 Å². The zero-order valence-corrected chi connectivity index (χ0v) is 15.4. The molecule has 0 radical (unpaired) electrons. The molecule has 0 aliphatic heterocycles. The predicted molar refractivity (Wildman–Crippen MR) is 109 cm³/mol. The molecule has 0 fully saturated rings. The minimum atomic E-state index is -0.308. The summed E-state index contributed by atoms with van der Waals surface area (Å²) in [5.74, 6) is -0.857. The molecule has 10 nitrogen and oxygen atoms in total. The number of para-hydroxylation sites is 2. The maximum absolute atomic E-state index is 9.74. The van der Waals surface area contributed by atoms with Crippen molar-refractivity contribution < 1.29 is 20.4 Å². The first-order chi connectivity index (χ1) is 13.9. The molecule has 11 heteroatoms. The summed E-state index contributed by atoms with van der Waals surface area (Å²) in [6, 6.07) is 10.3. The third-order valence-electron chi connectivity index (χ3n) is 3.54. The topological polar surface area (TPSA) is 155 Å². The fourth-order valence-electron chi connectivity index (χ4n) is 2.16. The number of hydrazone groups is 2. The number of phenols is 4. The Morgan fingerprint density at radius 2 is 1.34 bits per heavy atom. The second kappa shape index (κ2) is 8.76. The van der Waals surface area contributed by atoms with Crippen LogP contribution in [0.25, 0.3) is 0 Å². The van der Waals surface area contributed by atoms with Gasteiger partial charge in [0, 0.05) is 17.2 Å². The van der Waals surface area contributed by atoms with Crippen molar-refractivity contribution in [2.24, 2.45) is 10.2 Å². The highest BCUT2D eigenvalue weighted by molar-refractivity contribution is 6.29. The Kier molecular flexibility index (Phi) is 5.95. The Labute approximate surface area is 169 Å².